The summed E-state index contributed by atoms with van der Waals surface area (Å²) in [5.74, 6) is -0.881. The molecule has 0 saturated carbocycles. The van der Waals surface area contributed by atoms with E-state index in [1.54, 1.807) is 14.0 Å². The molecule has 4 rings (SSSR count). The maximum absolute atomic E-state index is 12.8. The minimum atomic E-state index is -4.18. The Bertz CT molecular complexity index is 1550. The number of rotatable bonds is 12. The molecule has 0 spiro atoms. The molecule has 0 fully saturated rings. The number of methoxy groups -OCH3 is 1. The molecule has 1 unspecified atom stereocenters. The van der Waals surface area contributed by atoms with E-state index >= 15 is 0 Å². The Kier molecular flexibility index (Phi) is 9.92. The number of aromatic nitrogens is 3. The molecule has 41 heavy (non-hydrogen) atoms. The van der Waals surface area contributed by atoms with E-state index in [4.69, 9.17) is 9.47 Å². The Balaban J connectivity index is 1.79. The van der Waals surface area contributed by atoms with Crippen LogP contribution in [0.3, 0.4) is 0 Å². The lowest BCUT2D eigenvalue weighted by molar-refractivity contribution is -0.143. The lowest BCUT2D eigenvalue weighted by Crippen LogP contribution is -2.35. The molecule has 11 nitrogen and oxygen atoms in total. The quantitative estimate of drug-likeness (QED) is 0.167. The zero-order valence-corrected chi connectivity index (χ0v) is 26.0. The van der Waals surface area contributed by atoms with Gasteiger partial charge in [0, 0.05) is 37.0 Å². The number of fused-ring (bicyclic) bond motifs is 1. The predicted molar refractivity (Wildman–Crippen MR) is 157 cm³/mol. The molecule has 1 aliphatic heterocycles. The molecule has 1 atom stereocenters. The molecule has 0 saturated heterocycles. The number of aryl methyl sites for hydroxylation is 2. The molecule has 2 heterocycles. The molecule has 0 bridgehead atoms. The van der Waals surface area contributed by atoms with Crippen molar-refractivity contribution < 1.29 is 32.0 Å². The van der Waals surface area contributed by atoms with E-state index in [0.29, 0.717) is 11.3 Å². The van der Waals surface area contributed by atoms with Crippen LogP contribution in [0.4, 0.5) is 0 Å². The molecule has 2 aromatic carbocycles. The highest BCUT2D eigenvalue weighted by molar-refractivity contribution is 9.09. The van der Waals surface area contributed by atoms with Gasteiger partial charge in [0.1, 0.15) is 11.3 Å². The van der Waals surface area contributed by atoms with Crippen LogP contribution in [-0.2, 0) is 37.1 Å². The second-order valence-electron chi connectivity index (χ2n) is 9.80. The van der Waals surface area contributed by atoms with Crippen molar-refractivity contribution in [2.75, 3.05) is 25.6 Å². The molecule has 3 aromatic rings. The number of aliphatic hydroxyl groups is 1. The van der Waals surface area contributed by atoms with Gasteiger partial charge in [-0.2, -0.15) is 12.7 Å². The van der Waals surface area contributed by atoms with E-state index in [1.807, 2.05) is 42.8 Å². The molecule has 222 valence electrons. The van der Waals surface area contributed by atoms with Crippen LogP contribution in [0, 0.1) is 13.8 Å². The number of aliphatic hydroxyl groups excluding tert-OH is 1. The number of nitrogens with zero attached hydrogens (tertiary/aromatic N) is 4. The summed E-state index contributed by atoms with van der Waals surface area (Å²) in [6, 6.07) is 7.73. The van der Waals surface area contributed by atoms with Crippen molar-refractivity contribution in [2.45, 2.75) is 59.0 Å². The van der Waals surface area contributed by atoms with Crippen molar-refractivity contribution in [3.63, 3.8) is 0 Å². The summed E-state index contributed by atoms with van der Waals surface area (Å²) in [5.41, 5.74) is 5.65. The molecule has 1 aliphatic rings. The van der Waals surface area contributed by atoms with Crippen LogP contribution >= 0.6 is 15.9 Å². The van der Waals surface area contributed by atoms with Gasteiger partial charge in [0.25, 0.3) is 5.95 Å². The molecule has 1 N–H and O–H groups in total. The SMILES string of the molecule is CCOC(=O)CC(c1cc(CN2CC=C(O)OS2(=O)=O)c(C)c(OC)c1)c1ccc2c(nnn2CCCCBr)c1C. The van der Waals surface area contributed by atoms with E-state index in [9.17, 15) is 18.3 Å². The summed E-state index contributed by atoms with van der Waals surface area (Å²) in [6.07, 6.45) is 3.34. The monoisotopic (exact) mass is 650 g/mol. The van der Waals surface area contributed by atoms with E-state index in [2.05, 4.69) is 30.4 Å². The number of esters is 1. The van der Waals surface area contributed by atoms with Crippen molar-refractivity contribution in [2.24, 2.45) is 0 Å². The fraction of sp³-hybridized carbons (Fsp3) is 0.464. The number of ether oxygens (including phenoxy) is 2. The Labute approximate surface area is 248 Å². The van der Waals surface area contributed by atoms with E-state index < -0.39 is 22.2 Å². The highest BCUT2D eigenvalue weighted by Crippen LogP contribution is 2.37. The van der Waals surface area contributed by atoms with Crippen LogP contribution in [0.2, 0.25) is 0 Å². The number of halogens is 1. The summed E-state index contributed by atoms with van der Waals surface area (Å²) in [5, 5.41) is 19.3. The Hall–Kier alpha value is -3.16. The lowest BCUT2D eigenvalue weighted by atomic mass is 9.84. The highest BCUT2D eigenvalue weighted by atomic mass is 79.9. The summed E-state index contributed by atoms with van der Waals surface area (Å²) < 4.78 is 43.8. The first kappa shape index (κ1) is 30.8. The van der Waals surface area contributed by atoms with Crippen molar-refractivity contribution in [1.29, 1.82) is 0 Å². The first-order valence-electron chi connectivity index (χ1n) is 13.4. The average molecular weight is 652 g/mol. The predicted octanol–water partition coefficient (Wildman–Crippen LogP) is 4.79. The number of benzene rings is 2. The number of hydrogen-bond acceptors (Lipinski definition) is 9. The second kappa shape index (κ2) is 13.2. The smallest absolute Gasteiger partial charge is 0.388 e. The highest BCUT2D eigenvalue weighted by Gasteiger charge is 2.31. The van der Waals surface area contributed by atoms with Crippen LogP contribution in [0.15, 0.2) is 36.3 Å². The Morgan fingerprint density at radius 1 is 1.22 bits per heavy atom. The van der Waals surface area contributed by atoms with Gasteiger partial charge in [-0.05, 0) is 73.6 Å². The van der Waals surface area contributed by atoms with Gasteiger partial charge in [-0.25, -0.2) is 4.68 Å². The van der Waals surface area contributed by atoms with Gasteiger partial charge in [0.05, 0.1) is 25.7 Å². The normalized spacial score (nSPS) is 15.8. The number of hydrogen-bond donors (Lipinski definition) is 1. The van der Waals surface area contributed by atoms with Crippen LogP contribution in [0.25, 0.3) is 11.0 Å². The molecule has 1 aromatic heterocycles. The minimum absolute atomic E-state index is 0.0188. The third-order valence-electron chi connectivity index (χ3n) is 7.22. The topological polar surface area (TPSA) is 133 Å². The van der Waals surface area contributed by atoms with Gasteiger partial charge in [0.2, 0.25) is 0 Å². The number of carbonyl (C=O) groups is 1. The van der Waals surface area contributed by atoms with Crippen molar-refractivity contribution >= 4 is 43.2 Å². The number of alkyl halides is 1. The number of unbranched alkanes of at least 4 members (excludes halogenated alkanes) is 1. The van der Waals surface area contributed by atoms with Gasteiger partial charge < -0.3 is 18.8 Å². The third-order valence-corrected chi connectivity index (χ3v) is 9.08. The molecule has 0 amide bonds. The van der Waals surface area contributed by atoms with Crippen molar-refractivity contribution in [3.8, 4) is 5.75 Å². The summed E-state index contributed by atoms with van der Waals surface area (Å²) in [7, 11) is -2.63. The lowest BCUT2D eigenvalue weighted by Gasteiger charge is -2.26. The van der Waals surface area contributed by atoms with E-state index in [-0.39, 0.29) is 32.1 Å². The fourth-order valence-electron chi connectivity index (χ4n) is 5.02. The van der Waals surface area contributed by atoms with Gasteiger partial charge in [0.15, 0.2) is 0 Å². The first-order chi connectivity index (χ1) is 19.6. The summed E-state index contributed by atoms with van der Waals surface area (Å²) in [6.45, 7) is 6.51. The van der Waals surface area contributed by atoms with Gasteiger partial charge in [-0.3, -0.25) is 4.79 Å². The van der Waals surface area contributed by atoms with Crippen LogP contribution < -0.4 is 4.74 Å². The van der Waals surface area contributed by atoms with E-state index in [1.165, 1.54) is 6.08 Å². The zero-order chi connectivity index (χ0) is 29.7. The third kappa shape index (κ3) is 6.84. The van der Waals surface area contributed by atoms with Crippen LogP contribution in [0.5, 0.6) is 5.75 Å². The van der Waals surface area contributed by atoms with Gasteiger partial charge in [-0.1, -0.05) is 33.3 Å². The van der Waals surface area contributed by atoms with Crippen LogP contribution in [-0.4, -0.2) is 64.4 Å². The number of carbonyl (C=O) groups excluding carboxylic acids is 1. The fourth-order valence-corrected chi connectivity index (χ4v) is 6.36. The molecular formula is C28H35BrN4O7S. The maximum atomic E-state index is 12.8. The Morgan fingerprint density at radius 2 is 2.00 bits per heavy atom. The minimum Gasteiger partial charge on any atom is -0.496 e. The first-order valence-corrected chi connectivity index (χ1v) is 15.9. The van der Waals surface area contributed by atoms with Crippen LogP contribution in [0.1, 0.15) is 59.9 Å². The molecular weight excluding hydrogens is 616 g/mol. The largest absolute Gasteiger partial charge is 0.496 e. The van der Waals surface area contributed by atoms with E-state index in [0.717, 1.165) is 62.3 Å². The summed E-state index contributed by atoms with van der Waals surface area (Å²) >= 11 is 3.47. The zero-order valence-electron chi connectivity index (χ0n) is 23.6. The Morgan fingerprint density at radius 3 is 2.68 bits per heavy atom. The standard InChI is InChI=1S/C28H35BrN4O7S/c1-5-39-27(35)16-23(22-8-9-24-28(19(22)3)30-31-33(24)12-7-6-11-29)20-14-21(18(2)25(15-20)38-4)17-32-13-10-26(34)40-41(32,36)37/h8-10,14-15,23,34H,5-7,11-13,16-17H2,1-4H3. The molecule has 0 radical (unpaired) electrons. The van der Waals surface area contributed by atoms with Gasteiger partial charge >= 0.3 is 16.3 Å². The second-order valence-corrected chi connectivity index (χ2v) is 12.1. The van der Waals surface area contributed by atoms with Gasteiger partial charge in [-0.15, -0.1) is 5.10 Å². The van der Waals surface area contributed by atoms with Crippen molar-refractivity contribution in [1.82, 2.24) is 19.3 Å². The van der Waals surface area contributed by atoms with Crippen molar-refractivity contribution in [3.05, 3.63) is 64.1 Å². The summed E-state index contributed by atoms with van der Waals surface area (Å²) in [4.78, 5) is 12.8. The molecule has 0 aliphatic carbocycles. The maximum Gasteiger partial charge on any atom is 0.388 e. The average Bonchev–Trinajstić information content (AvgIpc) is 3.34. The molecule has 13 heteroatoms.